The van der Waals surface area contributed by atoms with Crippen LogP contribution in [0.1, 0.15) is 12.8 Å². The summed E-state index contributed by atoms with van der Waals surface area (Å²) in [7, 11) is -1.69. The Labute approximate surface area is 135 Å². The molecule has 1 fully saturated rings. The zero-order chi connectivity index (χ0) is 15.5. The van der Waals surface area contributed by atoms with Crippen molar-refractivity contribution in [2.45, 2.75) is 12.8 Å². The molecule has 1 atom stereocenters. The first-order valence-electron chi connectivity index (χ1n) is 6.80. The summed E-state index contributed by atoms with van der Waals surface area (Å²) in [4.78, 5) is 0. The molecule has 0 radical (unpaired) electrons. The van der Waals surface area contributed by atoms with E-state index in [9.17, 15) is 8.42 Å². The van der Waals surface area contributed by atoms with Crippen molar-refractivity contribution in [3.63, 3.8) is 0 Å². The van der Waals surface area contributed by atoms with Crippen molar-refractivity contribution in [1.29, 1.82) is 0 Å². The second kappa shape index (κ2) is 7.15. The molecule has 0 aromatic heterocycles. The lowest BCUT2D eigenvalue weighted by atomic mass is 10.00. The van der Waals surface area contributed by atoms with Crippen molar-refractivity contribution in [2.24, 2.45) is 5.92 Å². The minimum Gasteiger partial charge on any atom is -0.319 e. The van der Waals surface area contributed by atoms with Gasteiger partial charge in [0.2, 0.25) is 0 Å². The summed E-state index contributed by atoms with van der Waals surface area (Å²) in [5, 5.41) is 3.82. The van der Waals surface area contributed by atoms with Gasteiger partial charge in [-0.3, -0.25) is 4.72 Å². The van der Waals surface area contributed by atoms with E-state index < -0.39 is 10.2 Å². The molecule has 1 saturated heterocycles. The third-order valence-electron chi connectivity index (χ3n) is 3.48. The number of nitrogens with one attached hydrogen (secondary N) is 2. The van der Waals surface area contributed by atoms with Gasteiger partial charge in [0.05, 0.1) is 15.7 Å². The molecule has 1 aromatic carbocycles. The van der Waals surface area contributed by atoms with E-state index in [0.717, 1.165) is 19.4 Å². The van der Waals surface area contributed by atoms with Crippen LogP contribution < -0.4 is 10.0 Å². The van der Waals surface area contributed by atoms with Crippen molar-refractivity contribution in [3.8, 4) is 0 Å². The van der Waals surface area contributed by atoms with Gasteiger partial charge in [-0.05, 0) is 50.6 Å². The summed E-state index contributed by atoms with van der Waals surface area (Å²) in [5.74, 6) is 0.342. The zero-order valence-electron chi connectivity index (χ0n) is 11.8. The highest BCUT2D eigenvalue weighted by atomic mass is 35.5. The molecule has 21 heavy (non-hydrogen) atoms. The van der Waals surface area contributed by atoms with Gasteiger partial charge in [0.25, 0.3) is 0 Å². The van der Waals surface area contributed by atoms with Crippen LogP contribution in [-0.2, 0) is 10.2 Å². The summed E-state index contributed by atoms with van der Waals surface area (Å²) in [6.45, 7) is 1.88. The van der Waals surface area contributed by atoms with Crippen molar-refractivity contribution >= 4 is 39.1 Å². The normalized spacial score (nSPS) is 20.4. The van der Waals surface area contributed by atoms with E-state index >= 15 is 0 Å². The Morgan fingerprint density at radius 2 is 2.10 bits per heavy atom. The molecular weight excluding hydrogens is 333 g/mol. The van der Waals surface area contributed by atoms with Crippen LogP contribution in [0.15, 0.2) is 18.2 Å². The summed E-state index contributed by atoms with van der Waals surface area (Å²) in [6.07, 6.45) is 1.91. The molecule has 1 unspecified atom stereocenters. The molecule has 1 aromatic rings. The monoisotopic (exact) mass is 351 g/mol. The van der Waals surface area contributed by atoms with Gasteiger partial charge in [0.1, 0.15) is 0 Å². The van der Waals surface area contributed by atoms with Crippen molar-refractivity contribution in [2.75, 3.05) is 31.4 Å². The molecule has 1 aliphatic rings. The van der Waals surface area contributed by atoms with Gasteiger partial charge in [-0.2, -0.15) is 12.7 Å². The molecule has 0 spiro atoms. The lowest BCUT2D eigenvalue weighted by Crippen LogP contribution is -2.44. The van der Waals surface area contributed by atoms with Crippen LogP contribution >= 0.6 is 23.2 Å². The van der Waals surface area contributed by atoms with Gasteiger partial charge in [-0.25, -0.2) is 0 Å². The fraction of sp³-hybridized carbons (Fsp3) is 0.538. The summed E-state index contributed by atoms with van der Waals surface area (Å²) in [5.41, 5.74) is 0.417. The van der Waals surface area contributed by atoms with E-state index in [1.165, 1.54) is 10.4 Å². The molecule has 0 saturated carbocycles. The second-order valence-corrected chi connectivity index (χ2v) is 7.64. The Balaban J connectivity index is 2.08. The maximum Gasteiger partial charge on any atom is 0.301 e. The first-order chi connectivity index (χ1) is 9.92. The van der Waals surface area contributed by atoms with Crippen molar-refractivity contribution < 1.29 is 8.42 Å². The average molecular weight is 352 g/mol. The fourth-order valence-corrected chi connectivity index (χ4v) is 4.10. The zero-order valence-corrected chi connectivity index (χ0v) is 14.1. The minimum absolute atomic E-state index is 0.323. The first-order valence-corrected chi connectivity index (χ1v) is 8.99. The number of rotatable bonds is 5. The SMILES string of the molecule is CNCC1CCCN(S(=O)(=O)Nc2ccc(Cl)c(Cl)c2)C1. The Hall–Kier alpha value is -0.530. The highest BCUT2D eigenvalue weighted by molar-refractivity contribution is 7.90. The van der Waals surface area contributed by atoms with Crippen molar-refractivity contribution in [3.05, 3.63) is 28.2 Å². The maximum absolute atomic E-state index is 12.4. The van der Waals surface area contributed by atoms with Crippen LogP contribution in [0.4, 0.5) is 5.69 Å². The van der Waals surface area contributed by atoms with E-state index in [4.69, 9.17) is 23.2 Å². The molecule has 0 amide bonds. The second-order valence-electron chi connectivity index (χ2n) is 5.16. The minimum atomic E-state index is -3.56. The van der Waals surface area contributed by atoms with Crippen LogP contribution in [0.3, 0.4) is 0 Å². The Morgan fingerprint density at radius 1 is 1.33 bits per heavy atom. The third kappa shape index (κ3) is 4.47. The molecule has 5 nitrogen and oxygen atoms in total. The number of anilines is 1. The van der Waals surface area contributed by atoms with Gasteiger partial charge < -0.3 is 5.32 Å². The van der Waals surface area contributed by atoms with E-state index in [1.54, 1.807) is 12.1 Å². The van der Waals surface area contributed by atoms with E-state index in [0.29, 0.717) is 34.7 Å². The first kappa shape index (κ1) is 16.8. The molecule has 2 rings (SSSR count). The van der Waals surface area contributed by atoms with E-state index in [2.05, 4.69) is 10.0 Å². The predicted molar refractivity (Wildman–Crippen MR) is 87.2 cm³/mol. The van der Waals surface area contributed by atoms with Crippen molar-refractivity contribution in [1.82, 2.24) is 9.62 Å². The number of piperidine rings is 1. The lowest BCUT2D eigenvalue weighted by molar-refractivity contribution is 0.264. The van der Waals surface area contributed by atoms with Gasteiger partial charge in [0, 0.05) is 13.1 Å². The van der Waals surface area contributed by atoms with Crippen LogP contribution in [-0.4, -0.2) is 39.4 Å². The number of hydrogen-bond donors (Lipinski definition) is 2. The molecule has 8 heteroatoms. The van der Waals surface area contributed by atoms with Gasteiger partial charge in [-0.1, -0.05) is 23.2 Å². The maximum atomic E-state index is 12.4. The molecule has 118 valence electrons. The molecule has 0 aliphatic carbocycles. The highest BCUT2D eigenvalue weighted by Gasteiger charge is 2.28. The Morgan fingerprint density at radius 3 is 2.76 bits per heavy atom. The molecule has 2 N–H and O–H groups in total. The number of nitrogens with zero attached hydrogens (tertiary/aromatic N) is 1. The Bertz CT molecular complexity index is 593. The summed E-state index contributed by atoms with van der Waals surface area (Å²) in [6, 6.07) is 4.68. The molecule has 1 aliphatic heterocycles. The number of benzene rings is 1. The van der Waals surface area contributed by atoms with Crippen LogP contribution in [0, 0.1) is 5.92 Å². The van der Waals surface area contributed by atoms with E-state index in [1.807, 2.05) is 7.05 Å². The standard InChI is InChI=1S/C13H19Cl2N3O2S/c1-16-8-10-3-2-6-18(9-10)21(19,20)17-11-4-5-12(14)13(15)7-11/h4-5,7,10,16-17H,2-3,6,8-9H2,1H3. The average Bonchev–Trinajstić information content (AvgIpc) is 2.43. The number of hydrogen-bond acceptors (Lipinski definition) is 3. The van der Waals surface area contributed by atoms with E-state index in [-0.39, 0.29) is 0 Å². The highest BCUT2D eigenvalue weighted by Crippen LogP contribution is 2.26. The summed E-state index contributed by atoms with van der Waals surface area (Å²) < 4.78 is 28.9. The smallest absolute Gasteiger partial charge is 0.301 e. The number of halogens is 2. The van der Waals surface area contributed by atoms with Gasteiger partial charge in [-0.15, -0.1) is 0 Å². The third-order valence-corrected chi connectivity index (χ3v) is 5.73. The predicted octanol–water partition coefficient (Wildman–Crippen LogP) is 2.58. The lowest BCUT2D eigenvalue weighted by Gasteiger charge is -2.31. The molecular formula is C13H19Cl2N3O2S. The van der Waals surface area contributed by atoms with Crippen LogP contribution in [0.5, 0.6) is 0 Å². The molecule has 1 heterocycles. The quantitative estimate of drug-likeness (QED) is 0.856. The Kier molecular flexibility index (Phi) is 5.73. The van der Waals surface area contributed by atoms with Gasteiger partial charge in [0.15, 0.2) is 0 Å². The topological polar surface area (TPSA) is 61.4 Å². The fourth-order valence-electron chi connectivity index (χ4n) is 2.47. The van der Waals surface area contributed by atoms with Crippen LogP contribution in [0.25, 0.3) is 0 Å². The molecule has 0 bridgehead atoms. The van der Waals surface area contributed by atoms with Crippen LogP contribution in [0.2, 0.25) is 10.0 Å². The van der Waals surface area contributed by atoms with Gasteiger partial charge >= 0.3 is 10.2 Å². The summed E-state index contributed by atoms with van der Waals surface area (Å²) >= 11 is 11.7. The largest absolute Gasteiger partial charge is 0.319 e.